The molecule has 0 nitrogen and oxygen atoms in total. The Hall–Kier alpha value is -5.24. The fourth-order valence-corrected chi connectivity index (χ4v) is 13.9. The van der Waals surface area contributed by atoms with E-state index in [0.29, 0.717) is 0 Å². The van der Waals surface area contributed by atoms with Crippen LogP contribution in [0.1, 0.15) is 43.2 Å². The summed E-state index contributed by atoms with van der Waals surface area (Å²) in [5.74, 6) is 3.31. The van der Waals surface area contributed by atoms with Crippen LogP contribution in [0, 0.1) is 23.7 Å². The maximum atomic E-state index is 2.70. The molecule has 4 fully saturated rings. The number of fused-ring (bicyclic) bond motifs is 10. The third-order valence-corrected chi connectivity index (χ3v) is 15.6. The summed E-state index contributed by atoms with van der Waals surface area (Å²) in [5, 5.41) is 10.9. The van der Waals surface area contributed by atoms with E-state index in [1.54, 1.807) is 11.1 Å². The van der Waals surface area contributed by atoms with E-state index < -0.39 is 0 Å². The van der Waals surface area contributed by atoms with Crippen molar-refractivity contribution in [3.8, 4) is 33.4 Å². The van der Waals surface area contributed by atoms with Gasteiger partial charge in [-0.2, -0.15) is 0 Å². The molecule has 4 bridgehead atoms. The van der Waals surface area contributed by atoms with Crippen LogP contribution in [-0.2, 0) is 5.41 Å². The molecule has 1 heteroatoms. The minimum atomic E-state index is 0.114. The summed E-state index contributed by atoms with van der Waals surface area (Å²) in [4.78, 5) is 0. The van der Waals surface area contributed by atoms with Gasteiger partial charge in [-0.3, -0.25) is 0 Å². The Bertz CT molecular complexity index is 2940. The summed E-state index contributed by atoms with van der Waals surface area (Å²) >= 11 is 1.91. The van der Waals surface area contributed by atoms with Gasteiger partial charge in [0.05, 0.1) is 0 Å². The van der Waals surface area contributed by atoms with Crippen LogP contribution in [0.25, 0.3) is 85.9 Å². The van der Waals surface area contributed by atoms with Gasteiger partial charge in [0.25, 0.3) is 0 Å². The first kappa shape index (κ1) is 29.2. The van der Waals surface area contributed by atoms with Crippen molar-refractivity contribution in [3.05, 3.63) is 157 Å². The average Bonchev–Trinajstić information content (AvgIpc) is 3.72. The van der Waals surface area contributed by atoms with Gasteiger partial charge in [0.1, 0.15) is 0 Å². The Morgan fingerprint density at radius 1 is 0.396 bits per heavy atom. The molecule has 0 saturated heterocycles. The molecule has 0 aliphatic heterocycles. The van der Waals surface area contributed by atoms with Crippen LogP contribution in [-0.4, -0.2) is 0 Å². The zero-order chi connectivity index (χ0) is 34.4. The van der Waals surface area contributed by atoms with E-state index in [2.05, 4.69) is 146 Å². The third kappa shape index (κ3) is 3.76. The van der Waals surface area contributed by atoms with Crippen molar-refractivity contribution in [2.75, 3.05) is 0 Å². The van der Waals surface area contributed by atoms with Gasteiger partial charge in [0.2, 0.25) is 0 Å². The number of thiophene rings is 1. The van der Waals surface area contributed by atoms with Crippen molar-refractivity contribution in [1.29, 1.82) is 0 Å². The summed E-state index contributed by atoms with van der Waals surface area (Å²) in [6.45, 7) is 0. The maximum Gasteiger partial charge on any atom is 0.0361 e. The first-order valence-corrected chi connectivity index (χ1v) is 20.6. The molecule has 1 aromatic heterocycles. The van der Waals surface area contributed by atoms with E-state index in [0.717, 1.165) is 23.7 Å². The van der Waals surface area contributed by atoms with Gasteiger partial charge in [0, 0.05) is 25.6 Å². The largest absolute Gasteiger partial charge is 0.135 e. The summed E-state index contributed by atoms with van der Waals surface area (Å²) in [7, 11) is 0. The molecule has 0 atom stereocenters. The Morgan fingerprint density at radius 2 is 0.943 bits per heavy atom. The van der Waals surface area contributed by atoms with E-state index in [1.165, 1.54) is 118 Å². The fraction of sp³-hybridized carbons (Fsp3) is 0.192. The smallest absolute Gasteiger partial charge is 0.0361 e. The molecule has 53 heavy (non-hydrogen) atoms. The Kier molecular flexibility index (Phi) is 5.77. The van der Waals surface area contributed by atoms with Crippen LogP contribution in [0.4, 0.5) is 0 Å². The van der Waals surface area contributed by atoms with Crippen LogP contribution in [0.2, 0.25) is 0 Å². The molecule has 8 aromatic carbocycles. The molecule has 0 radical (unpaired) electrons. The number of hydrogen-bond acceptors (Lipinski definition) is 1. The molecular formula is C52H38S. The molecule has 252 valence electrons. The Balaban J connectivity index is 1.08. The van der Waals surface area contributed by atoms with Gasteiger partial charge in [-0.1, -0.05) is 127 Å². The standard InChI is InChI=1S/C52H38S/c1-2-10-37-32(9-1)19-22-45-51(37)44-21-18-33(28-46(44)52(45)35-24-30-23-31(26-35)27-36(52)25-30)49-40-12-3-5-14-42(40)50(43-15-6-4-13-41(43)49)34-17-20-39-38-11-7-8-16-47(38)53-48(39)29-34/h1-22,28-31,35-36H,23-27H2. The second kappa shape index (κ2) is 10.5. The van der Waals surface area contributed by atoms with E-state index in [-0.39, 0.29) is 5.41 Å². The molecule has 5 aliphatic carbocycles. The van der Waals surface area contributed by atoms with Crippen molar-refractivity contribution < 1.29 is 0 Å². The molecular weight excluding hydrogens is 657 g/mol. The van der Waals surface area contributed by atoms with Crippen molar-refractivity contribution in [2.45, 2.75) is 37.5 Å². The van der Waals surface area contributed by atoms with E-state index in [4.69, 9.17) is 0 Å². The highest BCUT2D eigenvalue weighted by atomic mass is 32.1. The van der Waals surface area contributed by atoms with Gasteiger partial charge in [0.15, 0.2) is 0 Å². The summed E-state index contributed by atoms with van der Waals surface area (Å²) < 4.78 is 2.71. The molecule has 4 saturated carbocycles. The van der Waals surface area contributed by atoms with Crippen LogP contribution in [0.5, 0.6) is 0 Å². The second-order valence-electron chi connectivity index (χ2n) is 16.8. The number of benzene rings is 8. The second-order valence-corrected chi connectivity index (χ2v) is 17.9. The van der Waals surface area contributed by atoms with Crippen molar-refractivity contribution in [2.24, 2.45) is 23.7 Å². The van der Waals surface area contributed by atoms with E-state index >= 15 is 0 Å². The SMILES string of the molecule is c1ccc2c3c(ccc2c1)C1(c2cc(-c4c5ccccc5c(-c5ccc6c(c5)sc5ccccc56)c5ccccc45)ccc2-3)C2CC3CC(C2)CC1C3. The highest BCUT2D eigenvalue weighted by molar-refractivity contribution is 7.25. The maximum absolute atomic E-state index is 2.70. The van der Waals surface area contributed by atoms with Gasteiger partial charge in [-0.15, -0.1) is 11.3 Å². The molecule has 5 aliphatic rings. The van der Waals surface area contributed by atoms with Crippen LogP contribution in [0.3, 0.4) is 0 Å². The molecule has 0 unspecified atom stereocenters. The lowest BCUT2D eigenvalue weighted by molar-refractivity contribution is -0.0399. The lowest BCUT2D eigenvalue weighted by atomic mass is 9.43. The summed E-state index contributed by atoms with van der Waals surface area (Å²) in [6.07, 6.45) is 7.06. The van der Waals surface area contributed by atoms with Crippen molar-refractivity contribution in [3.63, 3.8) is 0 Å². The first-order chi connectivity index (χ1) is 26.2. The first-order valence-electron chi connectivity index (χ1n) is 19.8. The predicted molar refractivity (Wildman–Crippen MR) is 226 cm³/mol. The van der Waals surface area contributed by atoms with E-state index in [1.807, 2.05) is 11.3 Å². The minimum absolute atomic E-state index is 0.114. The average molecular weight is 695 g/mol. The number of rotatable bonds is 2. The van der Waals surface area contributed by atoms with Gasteiger partial charge < -0.3 is 0 Å². The lowest BCUT2D eigenvalue weighted by Crippen LogP contribution is -2.55. The Labute approximate surface area is 313 Å². The molecule has 1 heterocycles. The van der Waals surface area contributed by atoms with Crippen LogP contribution in [0.15, 0.2) is 146 Å². The molecule has 0 N–H and O–H groups in total. The Morgan fingerprint density at radius 3 is 1.62 bits per heavy atom. The molecule has 9 aromatic rings. The van der Waals surface area contributed by atoms with Crippen LogP contribution >= 0.6 is 11.3 Å². The zero-order valence-corrected chi connectivity index (χ0v) is 30.4. The topological polar surface area (TPSA) is 0 Å². The highest BCUT2D eigenvalue weighted by Crippen LogP contribution is 2.70. The quantitative estimate of drug-likeness (QED) is 0.158. The van der Waals surface area contributed by atoms with Gasteiger partial charge in [-0.05, 0) is 151 Å². The minimum Gasteiger partial charge on any atom is -0.135 e. The van der Waals surface area contributed by atoms with Crippen molar-refractivity contribution in [1.82, 2.24) is 0 Å². The fourth-order valence-electron chi connectivity index (χ4n) is 12.8. The van der Waals surface area contributed by atoms with Gasteiger partial charge >= 0.3 is 0 Å². The van der Waals surface area contributed by atoms with Crippen molar-refractivity contribution >= 4 is 63.8 Å². The highest BCUT2D eigenvalue weighted by Gasteiger charge is 2.61. The van der Waals surface area contributed by atoms with Gasteiger partial charge in [-0.25, -0.2) is 0 Å². The number of hydrogen-bond donors (Lipinski definition) is 0. The monoisotopic (exact) mass is 694 g/mol. The van der Waals surface area contributed by atoms with Crippen LogP contribution < -0.4 is 0 Å². The van der Waals surface area contributed by atoms with E-state index in [9.17, 15) is 0 Å². The normalized spacial score (nSPS) is 23.9. The predicted octanol–water partition coefficient (Wildman–Crippen LogP) is 14.6. The molecule has 1 spiro atoms. The molecule has 0 amide bonds. The lowest BCUT2D eigenvalue weighted by Gasteiger charge is -2.61. The summed E-state index contributed by atoms with van der Waals surface area (Å²) in [5.41, 5.74) is 11.8. The summed E-state index contributed by atoms with van der Waals surface area (Å²) in [6, 6.07) is 56.3. The zero-order valence-electron chi connectivity index (χ0n) is 29.6. The molecule has 14 rings (SSSR count). The third-order valence-electron chi connectivity index (χ3n) is 14.4.